The van der Waals surface area contributed by atoms with Crippen molar-refractivity contribution in [3.8, 4) is 11.1 Å². The number of carboxylic acid groups (broad SMARTS) is 1. The molecule has 1 aliphatic rings. The summed E-state index contributed by atoms with van der Waals surface area (Å²) in [5, 5.41) is 13.7. The number of rotatable bonds is 8. The number of carbonyl (C=O) groups is 2. The Balaban J connectivity index is 1.20. The maximum atomic E-state index is 13.2. The van der Waals surface area contributed by atoms with E-state index in [0.717, 1.165) is 44.5 Å². The zero-order valence-corrected chi connectivity index (χ0v) is 23.5. The Hall–Kier alpha value is -4.71. The molecular formula is C35H33N3O3. The molecule has 1 fully saturated rings. The van der Waals surface area contributed by atoms with Gasteiger partial charge in [-0.3, -0.25) is 9.78 Å². The van der Waals surface area contributed by atoms with Crippen molar-refractivity contribution in [2.45, 2.75) is 52.1 Å². The zero-order valence-electron chi connectivity index (χ0n) is 23.5. The van der Waals surface area contributed by atoms with Crippen LogP contribution in [0.2, 0.25) is 0 Å². The van der Waals surface area contributed by atoms with Gasteiger partial charge in [0.05, 0.1) is 11.6 Å². The lowest BCUT2D eigenvalue weighted by atomic mass is 9.99. The van der Waals surface area contributed by atoms with Crippen LogP contribution >= 0.6 is 0 Å². The van der Waals surface area contributed by atoms with E-state index in [2.05, 4.69) is 40.8 Å². The minimum absolute atomic E-state index is 0.104. The van der Waals surface area contributed by atoms with Gasteiger partial charge in [0, 0.05) is 46.5 Å². The van der Waals surface area contributed by atoms with E-state index in [1.807, 2.05) is 67.7 Å². The topological polar surface area (TPSA) is 84.2 Å². The number of aromatic nitrogens is 2. The molecule has 0 unspecified atom stereocenters. The molecule has 41 heavy (non-hydrogen) atoms. The number of carbonyl (C=O) groups excluding carboxylic acids is 1. The molecule has 6 rings (SSSR count). The normalized spacial score (nSPS) is 13.7. The van der Waals surface area contributed by atoms with Gasteiger partial charge in [-0.15, -0.1) is 0 Å². The third kappa shape index (κ3) is 5.25. The van der Waals surface area contributed by atoms with Crippen molar-refractivity contribution in [3.63, 3.8) is 0 Å². The van der Waals surface area contributed by atoms with E-state index < -0.39 is 5.97 Å². The molecule has 0 bridgehead atoms. The largest absolute Gasteiger partial charge is 0.478 e. The van der Waals surface area contributed by atoms with Gasteiger partial charge in [-0.2, -0.15) is 0 Å². The Morgan fingerprint density at radius 1 is 1.00 bits per heavy atom. The molecule has 2 N–H and O–H groups in total. The highest BCUT2D eigenvalue weighted by atomic mass is 16.4. The first-order valence-corrected chi connectivity index (χ1v) is 14.1. The number of hydrogen-bond acceptors (Lipinski definition) is 3. The lowest BCUT2D eigenvalue weighted by Crippen LogP contribution is -2.26. The maximum Gasteiger partial charge on any atom is 0.336 e. The molecule has 1 aliphatic carbocycles. The smallest absolute Gasteiger partial charge is 0.336 e. The average Bonchev–Trinajstić information content (AvgIpc) is 3.82. The van der Waals surface area contributed by atoms with E-state index in [1.54, 1.807) is 12.1 Å². The molecule has 0 aliphatic heterocycles. The zero-order chi connectivity index (χ0) is 28.7. The summed E-state index contributed by atoms with van der Waals surface area (Å²) in [5.41, 5.74) is 9.13. The number of nitrogens with zero attached hydrogens (tertiary/aromatic N) is 2. The Bertz CT molecular complexity index is 1760. The summed E-state index contributed by atoms with van der Waals surface area (Å²) < 4.78 is 2.27. The summed E-state index contributed by atoms with van der Waals surface area (Å²) in [7, 11) is 0. The number of nitrogens with one attached hydrogen (secondary N) is 1. The number of benzene rings is 3. The van der Waals surface area contributed by atoms with Crippen LogP contribution in [-0.4, -0.2) is 26.5 Å². The van der Waals surface area contributed by atoms with Gasteiger partial charge >= 0.3 is 5.97 Å². The van der Waals surface area contributed by atoms with E-state index in [4.69, 9.17) is 0 Å². The predicted molar refractivity (Wildman–Crippen MR) is 161 cm³/mol. The third-order valence-corrected chi connectivity index (χ3v) is 8.32. The van der Waals surface area contributed by atoms with E-state index in [1.165, 1.54) is 12.8 Å². The van der Waals surface area contributed by atoms with E-state index >= 15 is 0 Å². The van der Waals surface area contributed by atoms with E-state index in [0.29, 0.717) is 29.2 Å². The molecule has 6 nitrogen and oxygen atoms in total. The van der Waals surface area contributed by atoms with Crippen LogP contribution in [0, 0.1) is 13.8 Å². The van der Waals surface area contributed by atoms with Crippen LogP contribution in [0.25, 0.3) is 22.0 Å². The van der Waals surface area contributed by atoms with Crippen molar-refractivity contribution in [1.29, 1.82) is 0 Å². The number of hydrogen-bond donors (Lipinski definition) is 2. The van der Waals surface area contributed by atoms with Gasteiger partial charge in [0.15, 0.2) is 0 Å². The van der Waals surface area contributed by atoms with Crippen LogP contribution in [0.5, 0.6) is 0 Å². The molecule has 1 atom stereocenters. The number of fused-ring (bicyclic) bond motifs is 1. The summed E-state index contributed by atoms with van der Waals surface area (Å²) >= 11 is 0. The Labute approximate surface area is 239 Å². The van der Waals surface area contributed by atoms with Gasteiger partial charge in [0.25, 0.3) is 5.91 Å². The molecule has 206 valence electrons. The molecule has 0 spiro atoms. The molecule has 5 aromatic rings. The number of amides is 1. The van der Waals surface area contributed by atoms with Crippen LogP contribution < -0.4 is 5.32 Å². The molecule has 2 aromatic heterocycles. The van der Waals surface area contributed by atoms with Gasteiger partial charge in [0.1, 0.15) is 0 Å². The van der Waals surface area contributed by atoms with Crippen molar-refractivity contribution < 1.29 is 14.7 Å². The Morgan fingerprint density at radius 3 is 2.44 bits per heavy atom. The van der Waals surface area contributed by atoms with Gasteiger partial charge in [-0.05, 0) is 91.8 Å². The lowest BCUT2D eigenvalue weighted by molar-refractivity contribution is 0.0697. The van der Waals surface area contributed by atoms with Crippen LogP contribution in [0.1, 0.15) is 80.5 Å². The highest BCUT2D eigenvalue weighted by Crippen LogP contribution is 2.39. The predicted octanol–water partition coefficient (Wildman–Crippen LogP) is 7.44. The summed E-state index contributed by atoms with van der Waals surface area (Å²) in [5.74, 6) is -0.426. The summed E-state index contributed by atoms with van der Waals surface area (Å²) in [6.45, 7) is 6.86. The SMILES string of the molecule is Cc1c(C)n(Cc2ccc(-c3ccccc3C(=O)O)cc2)c2ccc(C(=O)N[C@@H](C)c3ccc(C4CC4)nc3)cc12. The van der Waals surface area contributed by atoms with Gasteiger partial charge in [0.2, 0.25) is 0 Å². The summed E-state index contributed by atoms with van der Waals surface area (Å²) in [4.78, 5) is 29.4. The summed E-state index contributed by atoms with van der Waals surface area (Å²) in [6, 6.07) is 25.0. The second-order valence-corrected chi connectivity index (χ2v) is 11.1. The van der Waals surface area contributed by atoms with Crippen molar-refractivity contribution >= 4 is 22.8 Å². The first-order valence-electron chi connectivity index (χ1n) is 14.1. The van der Waals surface area contributed by atoms with Crippen LogP contribution in [-0.2, 0) is 6.54 Å². The lowest BCUT2D eigenvalue weighted by Gasteiger charge is -2.15. The van der Waals surface area contributed by atoms with E-state index in [-0.39, 0.29) is 11.9 Å². The van der Waals surface area contributed by atoms with Gasteiger partial charge < -0.3 is 15.0 Å². The standard InChI is InChI=1S/C35H33N3O3/c1-21-23(3)38(20-24-8-10-25(11-9-24)29-6-4-5-7-30(29)35(40)41)33-17-15-27(18-31(21)33)34(39)37-22(2)28-14-16-32(36-19-28)26-12-13-26/h4-11,14-19,22,26H,12-13,20H2,1-3H3,(H,37,39)(H,40,41)/t22-/m0/s1. The molecule has 1 saturated carbocycles. The van der Waals surface area contributed by atoms with Crippen LogP contribution in [0.3, 0.4) is 0 Å². The molecular weight excluding hydrogens is 510 g/mol. The Kier molecular flexibility index (Phi) is 6.91. The molecule has 3 aromatic carbocycles. The monoisotopic (exact) mass is 543 g/mol. The number of aromatic carboxylic acids is 1. The van der Waals surface area contributed by atoms with Crippen LogP contribution in [0.4, 0.5) is 0 Å². The van der Waals surface area contributed by atoms with Crippen LogP contribution in [0.15, 0.2) is 85.1 Å². The maximum absolute atomic E-state index is 13.2. The highest BCUT2D eigenvalue weighted by Gasteiger charge is 2.25. The van der Waals surface area contributed by atoms with Crippen molar-refractivity contribution in [3.05, 3.63) is 124 Å². The highest BCUT2D eigenvalue weighted by molar-refractivity contribution is 5.99. The number of pyridine rings is 1. The molecule has 2 heterocycles. The van der Waals surface area contributed by atoms with E-state index in [9.17, 15) is 14.7 Å². The van der Waals surface area contributed by atoms with Crippen molar-refractivity contribution in [2.75, 3.05) is 0 Å². The first-order chi connectivity index (χ1) is 19.8. The molecule has 0 radical (unpaired) electrons. The average molecular weight is 544 g/mol. The molecule has 0 saturated heterocycles. The fourth-order valence-corrected chi connectivity index (χ4v) is 5.55. The Morgan fingerprint density at radius 2 is 1.76 bits per heavy atom. The minimum Gasteiger partial charge on any atom is -0.478 e. The number of aryl methyl sites for hydroxylation is 1. The molecule has 6 heteroatoms. The van der Waals surface area contributed by atoms with Gasteiger partial charge in [-0.1, -0.05) is 48.5 Å². The molecule has 1 amide bonds. The second-order valence-electron chi connectivity index (χ2n) is 11.1. The van der Waals surface area contributed by atoms with Crippen molar-refractivity contribution in [2.24, 2.45) is 0 Å². The first kappa shape index (κ1) is 26.5. The third-order valence-electron chi connectivity index (χ3n) is 8.32. The quantitative estimate of drug-likeness (QED) is 0.213. The minimum atomic E-state index is -0.934. The number of carboxylic acids is 1. The fraction of sp³-hybridized carbons (Fsp3) is 0.229. The fourth-order valence-electron chi connectivity index (χ4n) is 5.55. The second kappa shape index (κ2) is 10.7. The summed E-state index contributed by atoms with van der Waals surface area (Å²) in [6.07, 6.45) is 4.32. The van der Waals surface area contributed by atoms with Crippen molar-refractivity contribution in [1.82, 2.24) is 14.9 Å². The van der Waals surface area contributed by atoms with Gasteiger partial charge in [-0.25, -0.2) is 4.79 Å².